The molecule has 1 aromatic carbocycles. The quantitative estimate of drug-likeness (QED) is 0.812. The lowest BCUT2D eigenvalue weighted by atomic mass is 10.1. The Balaban J connectivity index is 2.11. The van der Waals surface area contributed by atoms with Crippen LogP contribution in [-0.4, -0.2) is 21.0 Å². The minimum Gasteiger partial charge on any atom is -0.478 e. The number of carboxylic acids is 1. The van der Waals surface area contributed by atoms with E-state index in [0.717, 1.165) is 11.3 Å². The number of carboxylic acid groups (broad SMARTS) is 1. The molecule has 0 fully saturated rings. The fraction of sp³-hybridized carbons (Fsp3) is 0.267. The SMILES string of the molecule is CCCc1nc(CSc2ccc(Cl)cc2)ncc1C(=O)O. The summed E-state index contributed by atoms with van der Waals surface area (Å²) < 4.78 is 0. The summed E-state index contributed by atoms with van der Waals surface area (Å²) in [5.41, 5.74) is 0.795. The molecule has 0 unspecified atom stereocenters. The summed E-state index contributed by atoms with van der Waals surface area (Å²) in [5, 5.41) is 9.82. The molecule has 0 radical (unpaired) electrons. The van der Waals surface area contributed by atoms with Gasteiger partial charge in [-0.2, -0.15) is 0 Å². The number of halogens is 1. The van der Waals surface area contributed by atoms with E-state index < -0.39 is 5.97 Å². The van der Waals surface area contributed by atoms with Gasteiger partial charge < -0.3 is 5.11 Å². The third-order valence-electron chi connectivity index (χ3n) is 2.82. The van der Waals surface area contributed by atoms with Gasteiger partial charge in [0.05, 0.1) is 17.0 Å². The number of hydrogen-bond acceptors (Lipinski definition) is 4. The lowest BCUT2D eigenvalue weighted by Gasteiger charge is -2.06. The first-order valence-electron chi connectivity index (χ1n) is 6.56. The molecule has 0 aliphatic carbocycles. The second-order valence-corrected chi connectivity index (χ2v) is 5.93. The number of aromatic carboxylic acids is 1. The van der Waals surface area contributed by atoms with Gasteiger partial charge in [-0.05, 0) is 30.7 Å². The predicted octanol–water partition coefficient (Wildman–Crippen LogP) is 4.07. The van der Waals surface area contributed by atoms with Crippen LogP contribution in [0.15, 0.2) is 35.4 Å². The number of aryl methyl sites for hydroxylation is 1. The molecular formula is C15H15ClN2O2S. The van der Waals surface area contributed by atoms with E-state index in [0.29, 0.717) is 28.7 Å². The molecule has 0 bridgehead atoms. The van der Waals surface area contributed by atoms with Gasteiger partial charge in [-0.25, -0.2) is 14.8 Å². The van der Waals surface area contributed by atoms with Crippen molar-refractivity contribution < 1.29 is 9.90 Å². The molecule has 21 heavy (non-hydrogen) atoms. The summed E-state index contributed by atoms with van der Waals surface area (Å²) in [5.74, 6) is 0.261. The van der Waals surface area contributed by atoms with Crippen molar-refractivity contribution in [3.63, 3.8) is 0 Å². The van der Waals surface area contributed by atoms with Crippen molar-refractivity contribution in [2.45, 2.75) is 30.4 Å². The lowest BCUT2D eigenvalue weighted by Crippen LogP contribution is -2.08. The fourth-order valence-electron chi connectivity index (χ4n) is 1.81. The molecule has 2 aromatic rings. The molecule has 0 saturated heterocycles. The highest BCUT2D eigenvalue weighted by Crippen LogP contribution is 2.23. The monoisotopic (exact) mass is 322 g/mol. The van der Waals surface area contributed by atoms with E-state index in [9.17, 15) is 4.79 Å². The first kappa shape index (κ1) is 15.8. The Labute approximate surface area is 132 Å². The predicted molar refractivity (Wildman–Crippen MR) is 84.0 cm³/mol. The minimum atomic E-state index is -0.977. The zero-order chi connectivity index (χ0) is 15.2. The molecule has 0 aliphatic heterocycles. The Morgan fingerprint density at radius 1 is 1.33 bits per heavy atom. The highest BCUT2D eigenvalue weighted by atomic mass is 35.5. The fourth-order valence-corrected chi connectivity index (χ4v) is 2.70. The van der Waals surface area contributed by atoms with Gasteiger partial charge >= 0.3 is 5.97 Å². The van der Waals surface area contributed by atoms with Crippen molar-refractivity contribution in [1.82, 2.24) is 9.97 Å². The summed E-state index contributed by atoms with van der Waals surface area (Å²) in [4.78, 5) is 20.7. The molecule has 0 atom stereocenters. The number of benzene rings is 1. The second kappa shape index (κ2) is 7.43. The maximum atomic E-state index is 11.1. The summed E-state index contributed by atoms with van der Waals surface area (Å²) in [6.45, 7) is 2.00. The van der Waals surface area contributed by atoms with E-state index in [-0.39, 0.29) is 5.56 Å². The molecule has 110 valence electrons. The van der Waals surface area contributed by atoms with Crippen LogP contribution in [0.5, 0.6) is 0 Å². The van der Waals surface area contributed by atoms with E-state index in [1.165, 1.54) is 6.20 Å². The van der Waals surface area contributed by atoms with E-state index in [2.05, 4.69) is 9.97 Å². The number of carbonyl (C=O) groups is 1. The van der Waals surface area contributed by atoms with E-state index in [4.69, 9.17) is 16.7 Å². The van der Waals surface area contributed by atoms with Crippen molar-refractivity contribution in [3.8, 4) is 0 Å². The van der Waals surface area contributed by atoms with Gasteiger partial charge in [-0.3, -0.25) is 0 Å². The van der Waals surface area contributed by atoms with Crippen LogP contribution in [0, 0.1) is 0 Å². The van der Waals surface area contributed by atoms with Crippen LogP contribution in [-0.2, 0) is 12.2 Å². The van der Waals surface area contributed by atoms with Crippen LogP contribution in [0.4, 0.5) is 0 Å². The Morgan fingerprint density at radius 3 is 2.67 bits per heavy atom. The van der Waals surface area contributed by atoms with E-state index in [1.54, 1.807) is 11.8 Å². The minimum absolute atomic E-state index is 0.192. The van der Waals surface area contributed by atoms with Gasteiger partial charge in [0.1, 0.15) is 5.82 Å². The molecular weight excluding hydrogens is 308 g/mol. The summed E-state index contributed by atoms with van der Waals surface area (Å²) in [6, 6.07) is 7.54. The van der Waals surface area contributed by atoms with Crippen molar-refractivity contribution in [3.05, 3.63) is 52.6 Å². The molecule has 0 saturated carbocycles. The average Bonchev–Trinajstić information content (AvgIpc) is 2.47. The molecule has 1 heterocycles. The average molecular weight is 323 g/mol. The van der Waals surface area contributed by atoms with Gasteiger partial charge in [-0.15, -0.1) is 11.8 Å². The van der Waals surface area contributed by atoms with Crippen LogP contribution in [0.3, 0.4) is 0 Å². The normalized spacial score (nSPS) is 10.6. The summed E-state index contributed by atoms with van der Waals surface area (Å²) >= 11 is 7.43. The first-order valence-corrected chi connectivity index (χ1v) is 7.93. The molecule has 1 aromatic heterocycles. The van der Waals surface area contributed by atoms with Gasteiger partial charge in [0, 0.05) is 16.1 Å². The smallest absolute Gasteiger partial charge is 0.339 e. The molecule has 6 heteroatoms. The Hall–Kier alpha value is -1.59. The third-order valence-corrected chi connectivity index (χ3v) is 4.08. The Kier molecular flexibility index (Phi) is 5.59. The van der Waals surface area contributed by atoms with Gasteiger partial charge in [0.2, 0.25) is 0 Å². The van der Waals surface area contributed by atoms with Crippen LogP contribution in [0.2, 0.25) is 5.02 Å². The molecule has 0 spiro atoms. The van der Waals surface area contributed by atoms with Crippen LogP contribution < -0.4 is 0 Å². The van der Waals surface area contributed by atoms with E-state index >= 15 is 0 Å². The van der Waals surface area contributed by atoms with Gasteiger partial charge in [-0.1, -0.05) is 24.9 Å². The Morgan fingerprint density at radius 2 is 2.05 bits per heavy atom. The van der Waals surface area contributed by atoms with Crippen LogP contribution in [0.1, 0.15) is 35.2 Å². The van der Waals surface area contributed by atoms with Gasteiger partial charge in [0.15, 0.2) is 0 Å². The lowest BCUT2D eigenvalue weighted by molar-refractivity contribution is 0.0694. The number of hydrogen-bond donors (Lipinski definition) is 1. The van der Waals surface area contributed by atoms with Crippen molar-refractivity contribution in [2.75, 3.05) is 0 Å². The number of rotatable bonds is 6. The standard InChI is InChI=1S/C15H15ClN2O2S/c1-2-3-13-12(15(19)20)8-17-14(18-13)9-21-11-6-4-10(16)5-7-11/h4-8H,2-3,9H2,1H3,(H,19,20). The largest absolute Gasteiger partial charge is 0.478 e. The highest BCUT2D eigenvalue weighted by molar-refractivity contribution is 7.98. The van der Waals surface area contributed by atoms with Crippen LogP contribution >= 0.6 is 23.4 Å². The number of aromatic nitrogens is 2. The zero-order valence-electron chi connectivity index (χ0n) is 11.5. The molecule has 0 aliphatic rings. The van der Waals surface area contributed by atoms with Crippen LogP contribution in [0.25, 0.3) is 0 Å². The summed E-state index contributed by atoms with van der Waals surface area (Å²) in [7, 11) is 0. The first-order chi connectivity index (χ1) is 10.1. The number of nitrogens with zero attached hydrogens (tertiary/aromatic N) is 2. The highest BCUT2D eigenvalue weighted by Gasteiger charge is 2.13. The maximum Gasteiger partial charge on any atom is 0.339 e. The third kappa shape index (κ3) is 4.44. The summed E-state index contributed by atoms with van der Waals surface area (Å²) in [6.07, 6.45) is 2.89. The second-order valence-electron chi connectivity index (χ2n) is 4.44. The maximum absolute atomic E-state index is 11.1. The Bertz CT molecular complexity index is 632. The molecule has 0 amide bonds. The number of thioether (sulfide) groups is 1. The van der Waals surface area contributed by atoms with Crippen molar-refractivity contribution >= 4 is 29.3 Å². The molecule has 1 N–H and O–H groups in total. The van der Waals surface area contributed by atoms with Crippen molar-refractivity contribution in [2.24, 2.45) is 0 Å². The zero-order valence-corrected chi connectivity index (χ0v) is 13.1. The van der Waals surface area contributed by atoms with Gasteiger partial charge in [0.25, 0.3) is 0 Å². The molecule has 2 rings (SSSR count). The van der Waals surface area contributed by atoms with Crippen molar-refractivity contribution in [1.29, 1.82) is 0 Å². The molecule has 4 nitrogen and oxygen atoms in total. The topological polar surface area (TPSA) is 63.1 Å². The van der Waals surface area contributed by atoms with E-state index in [1.807, 2.05) is 31.2 Å².